The highest BCUT2D eigenvalue weighted by molar-refractivity contribution is 7.17. The average Bonchev–Trinajstić information content (AvgIpc) is 3.07. The van der Waals surface area contributed by atoms with Crippen molar-refractivity contribution in [2.45, 2.75) is 25.7 Å². The second-order valence-electron chi connectivity index (χ2n) is 7.17. The molecule has 2 aromatic rings. The highest BCUT2D eigenvalue weighted by atomic mass is 32.1. The number of hydrogen-bond donors (Lipinski definition) is 2. The van der Waals surface area contributed by atoms with Gasteiger partial charge in [-0.3, -0.25) is 14.5 Å². The largest absolute Gasteiger partial charge is 0.379 e. The first-order valence-electron chi connectivity index (χ1n) is 9.81. The number of anilines is 2. The minimum absolute atomic E-state index is 0.0748. The lowest BCUT2D eigenvalue weighted by atomic mass is 9.95. The molecule has 1 saturated heterocycles. The van der Waals surface area contributed by atoms with Gasteiger partial charge in [-0.25, -0.2) is 0 Å². The van der Waals surface area contributed by atoms with Gasteiger partial charge in [0.05, 0.1) is 25.3 Å². The van der Waals surface area contributed by atoms with Gasteiger partial charge in [0.25, 0.3) is 5.91 Å². The van der Waals surface area contributed by atoms with Crippen molar-refractivity contribution in [3.63, 3.8) is 0 Å². The van der Waals surface area contributed by atoms with Crippen LogP contribution in [0.25, 0.3) is 0 Å². The normalized spacial score (nSPS) is 17.0. The van der Waals surface area contributed by atoms with Crippen LogP contribution in [0.1, 0.15) is 33.6 Å². The monoisotopic (exact) mass is 399 g/mol. The molecule has 1 aliphatic carbocycles. The molecule has 4 rings (SSSR count). The molecule has 0 spiro atoms. The molecular weight excluding hydrogens is 374 g/mol. The third kappa shape index (κ3) is 4.43. The van der Waals surface area contributed by atoms with Crippen molar-refractivity contribution in [1.29, 1.82) is 0 Å². The molecular formula is C21H25N3O3S. The Kier molecular flexibility index (Phi) is 6.04. The first kappa shape index (κ1) is 19.1. The van der Waals surface area contributed by atoms with E-state index >= 15 is 0 Å². The second-order valence-corrected chi connectivity index (χ2v) is 8.28. The maximum Gasteiger partial charge on any atom is 0.258 e. The molecule has 1 aromatic carbocycles. The Hall–Kier alpha value is -2.22. The molecule has 1 fully saturated rings. The van der Waals surface area contributed by atoms with Crippen LogP contribution in [-0.4, -0.2) is 49.6 Å². The number of benzene rings is 1. The van der Waals surface area contributed by atoms with Gasteiger partial charge in [0.2, 0.25) is 5.91 Å². The van der Waals surface area contributed by atoms with Gasteiger partial charge in [-0.05, 0) is 43.4 Å². The molecule has 2 heterocycles. The van der Waals surface area contributed by atoms with Crippen molar-refractivity contribution in [1.82, 2.24) is 4.90 Å². The van der Waals surface area contributed by atoms with Gasteiger partial charge in [-0.15, -0.1) is 11.3 Å². The second kappa shape index (κ2) is 8.86. The summed E-state index contributed by atoms with van der Waals surface area (Å²) in [6.45, 7) is 3.16. The molecule has 2 N–H and O–H groups in total. The molecule has 2 aliphatic rings. The zero-order valence-corrected chi connectivity index (χ0v) is 16.6. The van der Waals surface area contributed by atoms with Crippen LogP contribution in [-0.2, 0) is 22.4 Å². The molecule has 0 unspecified atom stereocenters. The number of para-hydroxylation sites is 1. The molecule has 1 aromatic heterocycles. The summed E-state index contributed by atoms with van der Waals surface area (Å²) in [6.07, 6.45) is 4.08. The van der Waals surface area contributed by atoms with E-state index in [4.69, 9.17) is 4.74 Å². The molecule has 28 heavy (non-hydrogen) atoms. The number of ether oxygens (including phenoxy) is 1. The Bertz CT molecular complexity index is 844. The van der Waals surface area contributed by atoms with E-state index in [0.29, 0.717) is 30.3 Å². The zero-order chi connectivity index (χ0) is 19.3. The lowest BCUT2D eigenvalue weighted by molar-refractivity contribution is -0.118. The van der Waals surface area contributed by atoms with Crippen LogP contribution >= 0.6 is 11.3 Å². The van der Waals surface area contributed by atoms with Crippen LogP contribution in [0.4, 0.5) is 10.7 Å². The van der Waals surface area contributed by atoms with Gasteiger partial charge in [0, 0.05) is 23.7 Å². The standard InChI is InChI=1S/C21H25N3O3S/c25-18(14-24-10-12-27-13-11-24)23-21-19(16-8-4-5-9-17(16)28-21)20(26)22-15-6-2-1-3-7-15/h1-3,6-7H,4-5,8-14H2,(H,22,26)(H,23,25). The summed E-state index contributed by atoms with van der Waals surface area (Å²) in [6, 6.07) is 9.44. The van der Waals surface area contributed by atoms with E-state index < -0.39 is 0 Å². The average molecular weight is 400 g/mol. The summed E-state index contributed by atoms with van der Waals surface area (Å²) < 4.78 is 5.34. The molecule has 148 valence electrons. The predicted molar refractivity (Wildman–Crippen MR) is 111 cm³/mol. The zero-order valence-electron chi connectivity index (χ0n) is 15.8. The third-order valence-corrected chi connectivity index (χ3v) is 6.36. The van der Waals surface area contributed by atoms with Crippen molar-refractivity contribution in [3.05, 3.63) is 46.3 Å². The Morgan fingerprint density at radius 1 is 1.04 bits per heavy atom. The summed E-state index contributed by atoms with van der Waals surface area (Å²) in [4.78, 5) is 29.0. The van der Waals surface area contributed by atoms with Crippen LogP contribution in [0, 0.1) is 0 Å². The van der Waals surface area contributed by atoms with Gasteiger partial charge >= 0.3 is 0 Å². The Balaban J connectivity index is 1.53. The van der Waals surface area contributed by atoms with E-state index in [1.807, 2.05) is 30.3 Å². The summed E-state index contributed by atoms with van der Waals surface area (Å²) in [7, 11) is 0. The van der Waals surface area contributed by atoms with Gasteiger partial charge in [-0.2, -0.15) is 0 Å². The van der Waals surface area contributed by atoms with Crippen LogP contribution < -0.4 is 10.6 Å². The molecule has 0 radical (unpaired) electrons. The molecule has 0 saturated carbocycles. The number of thiophene rings is 1. The number of morpholine rings is 1. The topological polar surface area (TPSA) is 70.7 Å². The van der Waals surface area contributed by atoms with E-state index in [2.05, 4.69) is 15.5 Å². The van der Waals surface area contributed by atoms with Crippen molar-refractivity contribution < 1.29 is 14.3 Å². The first-order valence-corrected chi connectivity index (χ1v) is 10.6. The number of aryl methyl sites for hydroxylation is 1. The van der Waals surface area contributed by atoms with E-state index in [1.165, 1.54) is 4.88 Å². The maximum absolute atomic E-state index is 13.1. The molecule has 1 aliphatic heterocycles. The number of hydrogen-bond acceptors (Lipinski definition) is 5. The molecule has 0 bridgehead atoms. The number of amides is 2. The van der Waals surface area contributed by atoms with Gasteiger partial charge < -0.3 is 15.4 Å². The van der Waals surface area contributed by atoms with E-state index in [0.717, 1.165) is 50.0 Å². The minimum Gasteiger partial charge on any atom is -0.379 e. The first-order chi connectivity index (χ1) is 13.7. The van der Waals surface area contributed by atoms with Gasteiger partial charge in [0.1, 0.15) is 5.00 Å². The van der Waals surface area contributed by atoms with E-state index in [-0.39, 0.29) is 11.8 Å². The molecule has 6 nitrogen and oxygen atoms in total. The van der Waals surface area contributed by atoms with Crippen molar-refractivity contribution >= 4 is 33.8 Å². The summed E-state index contributed by atoms with van der Waals surface area (Å²) in [5.41, 5.74) is 2.50. The fraction of sp³-hybridized carbons (Fsp3) is 0.429. The summed E-state index contributed by atoms with van der Waals surface area (Å²) >= 11 is 1.56. The van der Waals surface area contributed by atoms with E-state index in [9.17, 15) is 9.59 Å². The number of fused-ring (bicyclic) bond motifs is 1. The van der Waals surface area contributed by atoms with Crippen LogP contribution in [0.5, 0.6) is 0 Å². The fourth-order valence-electron chi connectivity index (χ4n) is 3.74. The maximum atomic E-state index is 13.1. The van der Waals surface area contributed by atoms with Crippen LogP contribution in [0.2, 0.25) is 0 Å². The lowest BCUT2D eigenvalue weighted by Crippen LogP contribution is -2.41. The van der Waals surface area contributed by atoms with Crippen LogP contribution in [0.3, 0.4) is 0 Å². The van der Waals surface area contributed by atoms with Crippen molar-refractivity contribution in [2.24, 2.45) is 0 Å². The van der Waals surface area contributed by atoms with Gasteiger partial charge in [0.15, 0.2) is 0 Å². The number of carbonyl (C=O) groups excluding carboxylic acids is 2. The fourth-order valence-corrected chi connectivity index (χ4v) is 5.04. The minimum atomic E-state index is -0.146. The van der Waals surface area contributed by atoms with Gasteiger partial charge in [-0.1, -0.05) is 18.2 Å². The van der Waals surface area contributed by atoms with Crippen molar-refractivity contribution in [3.8, 4) is 0 Å². The van der Waals surface area contributed by atoms with E-state index in [1.54, 1.807) is 11.3 Å². The molecule has 0 atom stereocenters. The summed E-state index contributed by atoms with van der Waals surface area (Å²) in [5.74, 6) is -0.221. The Morgan fingerprint density at radius 2 is 1.79 bits per heavy atom. The van der Waals surface area contributed by atoms with Crippen molar-refractivity contribution in [2.75, 3.05) is 43.5 Å². The smallest absolute Gasteiger partial charge is 0.258 e. The number of nitrogens with one attached hydrogen (secondary N) is 2. The molecule has 7 heteroatoms. The number of carbonyl (C=O) groups is 2. The number of rotatable bonds is 5. The quantitative estimate of drug-likeness (QED) is 0.810. The third-order valence-electron chi connectivity index (χ3n) is 5.15. The lowest BCUT2D eigenvalue weighted by Gasteiger charge is -2.25. The van der Waals surface area contributed by atoms with Crippen LogP contribution in [0.15, 0.2) is 30.3 Å². The SMILES string of the molecule is O=C(CN1CCOCC1)Nc1sc2c(c1C(=O)Nc1ccccc1)CCCC2. The number of nitrogens with zero attached hydrogens (tertiary/aromatic N) is 1. The molecule has 2 amide bonds. The predicted octanol–water partition coefficient (Wildman–Crippen LogP) is 3.15. The highest BCUT2D eigenvalue weighted by Gasteiger charge is 2.27. The Labute approximate surface area is 168 Å². The highest BCUT2D eigenvalue weighted by Crippen LogP contribution is 2.38. The summed E-state index contributed by atoms with van der Waals surface area (Å²) in [5, 5.41) is 6.68. The Morgan fingerprint density at radius 3 is 2.57 bits per heavy atom.